The Hall–Kier alpha value is -1.99. The molecule has 1 spiro atoms. The lowest BCUT2D eigenvalue weighted by Crippen LogP contribution is -2.68. The van der Waals surface area contributed by atoms with E-state index in [1.54, 1.807) is 0 Å². The number of aliphatic hydroxyl groups is 16. The lowest BCUT2D eigenvalue weighted by Gasteiger charge is -2.65. The van der Waals surface area contributed by atoms with Gasteiger partial charge in [0.25, 0.3) is 0 Å². The van der Waals surface area contributed by atoms with E-state index < -0.39 is 256 Å². The summed E-state index contributed by atoms with van der Waals surface area (Å²) in [5.41, 5.74) is -3.41. The van der Waals surface area contributed by atoms with Crippen LogP contribution in [0.1, 0.15) is 107 Å². The van der Waals surface area contributed by atoms with E-state index in [2.05, 4.69) is 27.7 Å². The number of carbonyl (C=O) groups is 1. The van der Waals surface area contributed by atoms with Crippen molar-refractivity contribution in [3.63, 3.8) is 0 Å². The van der Waals surface area contributed by atoms with Crippen LogP contribution in [0.5, 0.6) is 0 Å². The van der Waals surface area contributed by atoms with Crippen LogP contribution in [0, 0.1) is 45.3 Å². The molecule has 0 radical (unpaired) electrons. The third-order valence-electron chi connectivity index (χ3n) is 25.8. The maximum Gasteiger partial charge on any atom is 0.316 e. The Morgan fingerprint density at radius 3 is 1.45 bits per heavy atom. The highest BCUT2D eigenvalue weighted by atomic mass is 16.8. The van der Waals surface area contributed by atoms with Crippen LogP contribution in [0.25, 0.3) is 0 Å². The van der Waals surface area contributed by atoms with Gasteiger partial charge in [0.05, 0.1) is 63.1 Å². The fourth-order valence-corrected chi connectivity index (χ4v) is 20.5. The molecule has 3 saturated carbocycles. The van der Waals surface area contributed by atoms with Crippen molar-refractivity contribution < 1.29 is 158 Å². The number of cyclic esters (lactones) is 1. The van der Waals surface area contributed by atoms with Crippen LogP contribution in [-0.4, -0.2) is 336 Å². The van der Waals surface area contributed by atoms with Crippen molar-refractivity contribution in [3.05, 3.63) is 11.6 Å². The molecule has 0 amide bonds. The van der Waals surface area contributed by atoms with Gasteiger partial charge in [-0.3, -0.25) is 4.79 Å². The first-order valence-electron chi connectivity index (χ1n) is 35.1. The number of allylic oxidation sites excluding steroid dienone is 1. The molecule has 8 saturated heterocycles. The smallest absolute Gasteiger partial charge is 0.316 e. The zero-order valence-corrected chi connectivity index (χ0v) is 57.7. The summed E-state index contributed by atoms with van der Waals surface area (Å²) in [5, 5.41) is 181. The van der Waals surface area contributed by atoms with E-state index in [0.29, 0.717) is 38.5 Å². The summed E-state index contributed by atoms with van der Waals surface area (Å²) in [7, 11) is 2.38. The largest absolute Gasteiger partial charge is 0.456 e. The maximum absolute atomic E-state index is 14.9. The fourth-order valence-electron chi connectivity index (χ4n) is 20.5. The molecule has 99 heavy (non-hydrogen) atoms. The third-order valence-corrected chi connectivity index (χ3v) is 25.8. The first-order chi connectivity index (χ1) is 46.7. The van der Waals surface area contributed by atoms with Crippen molar-refractivity contribution in [2.75, 3.05) is 47.3 Å². The molecule has 39 atom stereocenters. The maximum atomic E-state index is 14.9. The van der Waals surface area contributed by atoms with Gasteiger partial charge in [-0.15, -0.1) is 0 Å². The van der Waals surface area contributed by atoms with Gasteiger partial charge in [-0.1, -0.05) is 39.3 Å². The van der Waals surface area contributed by atoms with Crippen molar-refractivity contribution >= 4 is 5.97 Å². The number of hydrogen-bond acceptors (Lipinski definition) is 32. The standard InChI is InChI=1S/C67H108O32/c1-25-49(94-60-48(83)54(41(76)32(23-71)92-60)96-59-46(81)52(86-10)39(74)30(21-69)91-59)43(78)44(79)56(88-25)97-55-42(77)33(93-57-47(82)53(40(75)31(22-70)89-57)95-58-45(80)51(85-9)38(73)29(20-68)90-58)24-87-50(55)27-13-17-64(6)28-19-36(72)67-35(66(8,99-61(67)84)37-15-16-62(2,3)98-37)14-18-65(67,7)26(28)11-12-34(64)63(27,4)5/h19,25-27,29-60,68-83H,11-18,20-24H2,1-10H3/t25-,26-,27-,29-,30-,31-,32-,33-,34+,35-,36+,37?,38-,39-,40-,41-,42+,43-,44-,45-,46-,47-,48-,49-,50+,51+,52+,53+,54+,55-,56+,57+,58+,59+,60+,64-,65+,66-,67+/m1/s1. The molecule has 12 aliphatic rings. The first-order valence-corrected chi connectivity index (χ1v) is 35.1. The Morgan fingerprint density at radius 1 is 0.485 bits per heavy atom. The van der Waals surface area contributed by atoms with Crippen LogP contribution in [0.15, 0.2) is 11.6 Å². The number of methoxy groups -OCH3 is 2. The molecule has 8 aliphatic heterocycles. The summed E-state index contributed by atoms with van der Waals surface area (Å²) in [6, 6.07) is 0. The molecule has 16 N–H and O–H groups in total. The molecule has 0 aromatic heterocycles. The highest BCUT2D eigenvalue weighted by molar-refractivity contribution is 5.84. The Labute approximate surface area is 574 Å². The van der Waals surface area contributed by atoms with Gasteiger partial charge in [0.2, 0.25) is 0 Å². The van der Waals surface area contributed by atoms with Crippen LogP contribution in [0.4, 0.5) is 0 Å². The Kier molecular flexibility index (Phi) is 22.2. The van der Waals surface area contributed by atoms with E-state index >= 15 is 0 Å². The van der Waals surface area contributed by atoms with Gasteiger partial charge < -0.3 is 153 Å². The molecule has 8 heterocycles. The van der Waals surface area contributed by atoms with Gasteiger partial charge in [-0.05, 0) is 113 Å². The molecule has 0 aromatic carbocycles. The second-order valence-corrected chi connectivity index (χ2v) is 31.8. The van der Waals surface area contributed by atoms with Crippen molar-refractivity contribution in [1.82, 2.24) is 0 Å². The highest BCUT2D eigenvalue weighted by Gasteiger charge is 2.81. The van der Waals surface area contributed by atoms with Crippen molar-refractivity contribution in [2.24, 2.45) is 45.3 Å². The van der Waals surface area contributed by atoms with E-state index in [4.69, 9.17) is 71.1 Å². The Bertz CT molecular complexity index is 2820. The highest BCUT2D eigenvalue weighted by Crippen LogP contribution is 2.77. The minimum atomic E-state index is -2.05. The third kappa shape index (κ3) is 12.5. The van der Waals surface area contributed by atoms with E-state index in [0.717, 1.165) is 18.4 Å². The molecule has 1 unspecified atom stereocenters. The predicted octanol–water partition coefficient (Wildman–Crippen LogP) is -4.63. The molecule has 12 rings (SSSR count). The number of hydrogen-bond donors (Lipinski definition) is 16. The van der Waals surface area contributed by atoms with E-state index in [1.807, 2.05) is 26.8 Å². The first kappa shape index (κ1) is 76.7. The second-order valence-electron chi connectivity index (χ2n) is 31.8. The SMILES string of the molecule is CO[C@@H]1[C@@H](O)[C@H](O[C@@H]2[C@@H](O)[C@H](O[C@H]3[C@H](O)[C@@H](O)[C@H](O[C@@H]4[C@@H](O)[C@H](O[C@@H]5O[C@H](CO)[C@@H](O)[C@H](O[C@@H]6O[C@H](CO)[C@@H](O)[C@H](OC)[C@H]6O)[C@H]5O)CO[C@H]4[C@H]4CC[C@]5(C)C6=C[C@H](O)[C@]78C(=O)O[C@@](C)(C9CCC(C)(C)O9)[C@H]7CC[C@@]8(C)[C@@H]6CC[C@H]5C4(C)C)O[C@@H]3C)O[C@H](CO)[C@H]2O)O[C@H](CO)[C@H]1O. The predicted molar refractivity (Wildman–Crippen MR) is 330 cm³/mol. The van der Waals surface area contributed by atoms with Crippen molar-refractivity contribution in [1.29, 1.82) is 0 Å². The number of fused-ring (bicyclic) bond motifs is 4. The topological polar surface area (TPSA) is 479 Å². The van der Waals surface area contributed by atoms with Crippen LogP contribution in [-0.2, 0) is 75.8 Å². The summed E-state index contributed by atoms with van der Waals surface area (Å²) in [6.45, 7) is 12.4. The Morgan fingerprint density at radius 2 is 0.960 bits per heavy atom. The lowest BCUT2D eigenvalue weighted by atomic mass is 9.39. The molecule has 0 bridgehead atoms. The second kappa shape index (κ2) is 28.6. The summed E-state index contributed by atoms with van der Waals surface area (Å²) >= 11 is 0. The minimum absolute atomic E-state index is 0.0961. The molecule has 32 heteroatoms. The fraction of sp³-hybridized carbons (Fsp3) is 0.955. The average Bonchev–Trinajstić information content (AvgIpc) is 1.46. The zero-order valence-electron chi connectivity index (χ0n) is 57.7. The van der Waals surface area contributed by atoms with E-state index in [9.17, 15) is 86.5 Å². The summed E-state index contributed by atoms with van der Waals surface area (Å²) in [6.07, 6.45) is -42.4. The van der Waals surface area contributed by atoms with Gasteiger partial charge in [0.15, 0.2) is 31.5 Å². The van der Waals surface area contributed by atoms with E-state index in [-0.39, 0.29) is 29.8 Å². The minimum Gasteiger partial charge on any atom is -0.456 e. The van der Waals surface area contributed by atoms with Gasteiger partial charge >= 0.3 is 5.97 Å². The normalized spacial score (nSPS) is 54.9. The van der Waals surface area contributed by atoms with Crippen LogP contribution in [0.3, 0.4) is 0 Å². The summed E-state index contributed by atoms with van der Waals surface area (Å²) in [4.78, 5) is 14.9. The summed E-state index contributed by atoms with van der Waals surface area (Å²) in [5.74, 6) is -1.40. The monoisotopic (exact) mass is 1420 g/mol. The molecule has 11 fully saturated rings. The van der Waals surface area contributed by atoms with Crippen LogP contribution >= 0.6 is 0 Å². The number of aliphatic hydroxyl groups excluding tert-OH is 16. The quantitative estimate of drug-likeness (QED) is 0.0453. The molecule has 32 nitrogen and oxygen atoms in total. The van der Waals surface area contributed by atoms with Gasteiger partial charge in [-0.2, -0.15) is 0 Å². The average molecular weight is 1430 g/mol. The van der Waals surface area contributed by atoms with Crippen LogP contribution < -0.4 is 0 Å². The number of carbonyl (C=O) groups excluding carboxylic acids is 1. The van der Waals surface area contributed by atoms with E-state index in [1.165, 1.54) is 21.1 Å². The van der Waals surface area contributed by atoms with Gasteiger partial charge in [-0.25, -0.2) is 0 Å². The van der Waals surface area contributed by atoms with Crippen molar-refractivity contribution in [2.45, 2.75) is 308 Å². The summed E-state index contributed by atoms with van der Waals surface area (Å²) < 4.78 is 90.9. The molecule has 4 aliphatic carbocycles. The number of esters is 1. The van der Waals surface area contributed by atoms with Crippen LogP contribution in [0.2, 0.25) is 0 Å². The lowest BCUT2D eigenvalue weighted by molar-refractivity contribution is -0.388. The van der Waals surface area contributed by atoms with Gasteiger partial charge in [0, 0.05) is 20.1 Å². The van der Waals surface area contributed by atoms with Crippen molar-refractivity contribution in [3.8, 4) is 0 Å². The molecule has 0 aromatic rings. The number of rotatable bonds is 18. The molecular formula is C67H108O32. The Balaban J connectivity index is 0.811. The molecule has 568 valence electrons. The zero-order chi connectivity index (χ0) is 71.9. The number of ether oxygens (including phenoxy) is 15. The van der Waals surface area contributed by atoms with Gasteiger partial charge in [0.1, 0.15) is 145 Å². The molecular weight excluding hydrogens is 1320 g/mol.